The first kappa shape index (κ1) is 19.0. The van der Waals surface area contributed by atoms with Crippen LogP contribution in [0.4, 0.5) is 18.9 Å². The number of ether oxygens (including phenoxy) is 1. The first-order chi connectivity index (χ1) is 13.9. The third-order valence-electron chi connectivity index (χ3n) is 5.51. The molecule has 0 bridgehead atoms. The maximum absolute atomic E-state index is 16.2. The van der Waals surface area contributed by atoms with Crippen LogP contribution in [0.3, 0.4) is 0 Å². The average Bonchev–Trinajstić information content (AvgIpc) is 3.31. The summed E-state index contributed by atoms with van der Waals surface area (Å²) in [6.07, 6.45) is -2.42. The molecule has 0 aliphatic carbocycles. The van der Waals surface area contributed by atoms with Crippen molar-refractivity contribution >= 4 is 28.6 Å². The van der Waals surface area contributed by atoms with Crippen molar-refractivity contribution in [1.29, 1.82) is 0 Å². The quantitative estimate of drug-likeness (QED) is 0.425. The van der Waals surface area contributed by atoms with Gasteiger partial charge in [0.1, 0.15) is 6.10 Å². The lowest BCUT2D eigenvalue weighted by Gasteiger charge is -2.37. The van der Waals surface area contributed by atoms with Crippen molar-refractivity contribution in [3.8, 4) is 0 Å². The maximum Gasteiger partial charge on any atom is 0.285 e. The first-order valence-corrected chi connectivity index (χ1v) is 10.5. The summed E-state index contributed by atoms with van der Waals surface area (Å²) < 4.78 is 51.6. The van der Waals surface area contributed by atoms with Gasteiger partial charge in [-0.25, -0.2) is 13.2 Å². The maximum atomic E-state index is 16.2. The number of hydrogen-bond donors (Lipinski definition) is 0. The Morgan fingerprint density at radius 3 is 2.55 bits per heavy atom. The molecular weight excluding hydrogens is 419 g/mol. The SMILES string of the molecule is FC(F)(CC1(F)c2ccccc2N(Cc2ccc(Cl)cc2)C2OC21)c1cccs1. The van der Waals surface area contributed by atoms with Crippen molar-refractivity contribution in [2.75, 3.05) is 4.90 Å². The highest BCUT2D eigenvalue weighted by Gasteiger charge is 2.66. The van der Waals surface area contributed by atoms with Crippen LogP contribution in [0.15, 0.2) is 66.0 Å². The highest BCUT2D eigenvalue weighted by molar-refractivity contribution is 7.10. The summed E-state index contributed by atoms with van der Waals surface area (Å²) in [5, 5.41) is 2.21. The third-order valence-corrected chi connectivity index (χ3v) is 6.75. The standard InChI is InChI=1S/C22H17ClF3NOS/c23-15-9-7-14(8-10-15)12-27-17-5-2-1-4-16(17)21(24,19-20(27)28-19)13-22(25,26)18-6-3-11-29-18/h1-11,19-20H,12-13H2. The van der Waals surface area contributed by atoms with Gasteiger partial charge in [-0.1, -0.05) is 48.0 Å². The van der Waals surface area contributed by atoms with Gasteiger partial charge in [-0.05, 0) is 35.2 Å². The van der Waals surface area contributed by atoms with Crippen LogP contribution in [0, 0.1) is 0 Å². The Balaban J connectivity index is 1.50. The summed E-state index contributed by atoms with van der Waals surface area (Å²) in [6, 6.07) is 17.1. The number of anilines is 1. The minimum atomic E-state index is -3.27. The molecule has 3 aromatic rings. The number of epoxide rings is 1. The minimum Gasteiger partial charge on any atom is -0.344 e. The molecule has 7 heteroatoms. The number of para-hydroxylation sites is 1. The molecule has 150 valence electrons. The van der Waals surface area contributed by atoms with E-state index in [0.717, 1.165) is 16.9 Å². The van der Waals surface area contributed by atoms with Crippen LogP contribution in [0.5, 0.6) is 0 Å². The number of rotatable bonds is 5. The Morgan fingerprint density at radius 2 is 1.83 bits per heavy atom. The molecule has 29 heavy (non-hydrogen) atoms. The van der Waals surface area contributed by atoms with Crippen molar-refractivity contribution in [2.24, 2.45) is 0 Å². The van der Waals surface area contributed by atoms with E-state index in [1.807, 2.05) is 17.0 Å². The highest BCUT2D eigenvalue weighted by Crippen LogP contribution is 2.58. The molecule has 1 saturated heterocycles. The molecule has 2 aliphatic heterocycles. The normalized spacial score (nSPS) is 25.4. The second-order valence-corrected chi connectivity index (χ2v) is 8.82. The number of hydrogen-bond acceptors (Lipinski definition) is 3. The number of nitrogens with zero attached hydrogens (tertiary/aromatic N) is 1. The van der Waals surface area contributed by atoms with Gasteiger partial charge in [-0.15, -0.1) is 11.3 Å². The second-order valence-electron chi connectivity index (χ2n) is 7.44. The minimum absolute atomic E-state index is 0.132. The van der Waals surface area contributed by atoms with Crippen LogP contribution in [-0.4, -0.2) is 12.3 Å². The van der Waals surface area contributed by atoms with Crippen LogP contribution in [0.25, 0.3) is 0 Å². The van der Waals surface area contributed by atoms with Crippen LogP contribution in [0.1, 0.15) is 22.4 Å². The first-order valence-electron chi connectivity index (χ1n) is 9.25. The summed E-state index contributed by atoms with van der Waals surface area (Å²) in [6.45, 7) is 0.479. The second kappa shape index (κ2) is 6.76. The molecule has 2 nitrogen and oxygen atoms in total. The van der Waals surface area contributed by atoms with E-state index in [0.29, 0.717) is 17.3 Å². The lowest BCUT2D eigenvalue weighted by atomic mass is 9.81. The molecular formula is C22H17ClF3NOS. The van der Waals surface area contributed by atoms with Gasteiger partial charge < -0.3 is 9.64 Å². The van der Waals surface area contributed by atoms with E-state index in [2.05, 4.69) is 0 Å². The predicted molar refractivity (Wildman–Crippen MR) is 108 cm³/mol. The number of fused-ring (bicyclic) bond motifs is 2. The van der Waals surface area contributed by atoms with Crippen molar-refractivity contribution in [3.63, 3.8) is 0 Å². The summed E-state index contributed by atoms with van der Waals surface area (Å²) in [7, 11) is 0. The van der Waals surface area contributed by atoms with Gasteiger partial charge in [0, 0.05) is 22.8 Å². The molecule has 2 aliphatic rings. The summed E-state index contributed by atoms with van der Waals surface area (Å²) in [5.41, 5.74) is -0.436. The molecule has 3 unspecified atom stereocenters. The van der Waals surface area contributed by atoms with E-state index in [1.165, 1.54) is 6.07 Å². The van der Waals surface area contributed by atoms with Gasteiger partial charge in [0.05, 0.1) is 11.3 Å². The number of halogens is 4. The fraction of sp³-hybridized carbons (Fsp3) is 0.273. The average molecular weight is 436 g/mol. The smallest absolute Gasteiger partial charge is 0.285 e. The van der Waals surface area contributed by atoms with E-state index < -0.39 is 30.3 Å². The lowest BCUT2D eigenvalue weighted by Crippen LogP contribution is -2.44. The van der Waals surface area contributed by atoms with Gasteiger partial charge in [0.15, 0.2) is 11.9 Å². The number of benzene rings is 2. The van der Waals surface area contributed by atoms with E-state index in [4.69, 9.17) is 16.3 Å². The van der Waals surface area contributed by atoms with Crippen molar-refractivity contribution in [1.82, 2.24) is 0 Å². The number of alkyl halides is 3. The molecule has 0 saturated carbocycles. The zero-order valence-electron chi connectivity index (χ0n) is 15.2. The molecule has 1 aromatic heterocycles. The fourth-order valence-corrected chi connectivity index (χ4v) is 4.93. The van der Waals surface area contributed by atoms with E-state index in [9.17, 15) is 8.78 Å². The van der Waals surface area contributed by atoms with Gasteiger partial charge >= 0.3 is 0 Å². The monoisotopic (exact) mass is 435 g/mol. The largest absolute Gasteiger partial charge is 0.344 e. The Labute approximate surface area is 175 Å². The molecule has 5 rings (SSSR count). The van der Waals surface area contributed by atoms with Gasteiger partial charge in [0.25, 0.3) is 5.92 Å². The molecule has 0 N–H and O–H groups in total. The summed E-state index contributed by atoms with van der Waals surface area (Å²) >= 11 is 6.89. The lowest BCUT2D eigenvalue weighted by molar-refractivity contribution is -0.0710. The van der Waals surface area contributed by atoms with E-state index >= 15 is 4.39 Å². The van der Waals surface area contributed by atoms with E-state index in [1.54, 1.807) is 47.8 Å². The number of thiophene rings is 1. The van der Waals surface area contributed by atoms with Crippen LogP contribution in [-0.2, 0) is 22.9 Å². The van der Waals surface area contributed by atoms with Crippen LogP contribution in [0.2, 0.25) is 5.02 Å². The molecule has 0 spiro atoms. The van der Waals surface area contributed by atoms with Gasteiger partial charge in [-0.2, -0.15) is 0 Å². The molecule has 3 atom stereocenters. The van der Waals surface area contributed by atoms with Gasteiger partial charge in [-0.3, -0.25) is 0 Å². The van der Waals surface area contributed by atoms with E-state index in [-0.39, 0.29) is 10.4 Å². The molecule has 2 aromatic carbocycles. The van der Waals surface area contributed by atoms with Crippen molar-refractivity contribution in [3.05, 3.63) is 87.1 Å². The topological polar surface area (TPSA) is 15.8 Å². The Bertz CT molecular complexity index is 1030. The molecule has 1 fully saturated rings. The molecule has 3 heterocycles. The fourth-order valence-electron chi connectivity index (χ4n) is 4.10. The highest BCUT2D eigenvalue weighted by atomic mass is 35.5. The van der Waals surface area contributed by atoms with Crippen LogP contribution >= 0.6 is 22.9 Å². The predicted octanol–water partition coefficient (Wildman–Crippen LogP) is 6.49. The van der Waals surface area contributed by atoms with Crippen LogP contribution < -0.4 is 4.90 Å². The third kappa shape index (κ3) is 3.23. The Kier molecular flexibility index (Phi) is 4.42. The molecule has 0 amide bonds. The van der Waals surface area contributed by atoms with Crippen molar-refractivity contribution < 1.29 is 17.9 Å². The molecule has 0 radical (unpaired) electrons. The summed E-state index contributed by atoms with van der Waals surface area (Å²) in [5.74, 6) is -3.27. The zero-order chi connectivity index (χ0) is 20.2. The summed E-state index contributed by atoms with van der Waals surface area (Å²) in [4.78, 5) is 1.80. The Hall–Kier alpha value is -2.02. The van der Waals surface area contributed by atoms with Gasteiger partial charge in [0.2, 0.25) is 0 Å². The van der Waals surface area contributed by atoms with Crippen molar-refractivity contribution in [2.45, 2.75) is 36.9 Å². The Morgan fingerprint density at radius 1 is 1.07 bits per heavy atom. The zero-order valence-corrected chi connectivity index (χ0v) is 16.8.